The minimum Gasteiger partial charge on any atom is -0.497 e. The third-order valence-electron chi connectivity index (χ3n) is 3.30. The van der Waals surface area contributed by atoms with Crippen LogP contribution in [0.5, 0.6) is 5.75 Å². The van der Waals surface area contributed by atoms with E-state index in [9.17, 15) is 4.79 Å². The Kier molecular flexibility index (Phi) is 4.90. The van der Waals surface area contributed by atoms with E-state index in [-0.39, 0.29) is 12.5 Å². The average Bonchev–Trinajstić information content (AvgIpc) is 3.09. The molecular weight excluding hydrogens is 374 g/mol. The SMILES string of the molecule is COc1ccc(-c2noc(CNC(=O)c3cccc(Br)c3)n2)cc1. The van der Waals surface area contributed by atoms with Gasteiger partial charge in [0.25, 0.3) is 5.91 Å². The first-order chi connectivity index (χ1) is 11.7. The van der Waals surface area contributed by atoms with Gasteiger partial charge < -0.3 is 14.6 Å². The van der Waals surface area contributed by atoms with Crippen molar-refractivity contribution in [3.8, 4) is 17.1 Å². The van der Waals surface area contributed by atoms with Gasteiger partial charge in [-0.25, -0.2) is 0 Å². The lowest BCUT2D eigenvalue weighted by atomic mass is 10.2. The average molecular weight is 388 g/mol. The number of carbonyl (C=O) groups excluding carboxylic acids is 1. The first-order valence-electron chi connectivity index (χ1n) is 7.16. The van der Waals surface area contributed by atoms with E-state index in [1.165, 1.54) is 0 Å². The molecule has 122 valence electrons. The molecular formula is C17H14BrN3O3. The molecule has 7 heteroatoms. The van der Waals surface area contributed by atoms with Crippen molar-refractivity contribution < 1.29 is 14.1 Å². The zero-order chi connectivity index (χ0) is 16.9. The zero-order valence-electron chi connectivity index (χ0n) is 12.8. The summed E-state index contributed by atoms with van der Waals surface area (Å²) in [6, 6.07) is 14.5. The number of nitrogens with zero attached hydrogens (tertiary/aromatic N) is 2. The maximum absolute atomic E-state index is 12.1. The Morgan fingerprint density at radius 2 is 2.04 bits per heavy atom. The maximum atomic E-state index is 12.1. The quantitative estimate of drug-likeness (QED) is 0.725. The van der Waals surface area contributed by atoms with Crippen molar-refractivity contribution in [2.75, 3.05) is 7.11 Å². The second-order valence-electron chi connectivity index (χ2n) is 4.93. The van der Waals surface area contributed by atoms with Gasteiger partial charge in [-0.3, -0.25) is 4.79 Å². The fraction of sp³-hybridized carbons (Fsp3) is 0.118. The number of carbonyl (C=O) groups is 1. The maximum Gasteiger partial charge on any atom is 0.251 e. The number of hydrogen-bond acceptors (Lipinski definition) is 5. The molecule has 0 atom stereocenters. The van der Waals surface area contributed by atoms with Gasteiger partial charge in [-0.2, -0.15) is 4.98 Å². The molecule has 24 heavy (non-hydrogen) atoms. The molecule has 0 saturated carbocycles. The minimum absolute atomic E-state index is 0.161. The normalized spacial score (nSPS) is 10.4. The third-order valence-corrected chi connectivity index (χ3v) is 3.80. The molecule has 0 spiro atoms. The predicted octanol–water partition coefficient (Wildman–Crippen LogP) is 3.44. The number of methoxy groups -OCH3 is 1. The number of aromatic nitrogens is 2. The van der Waals surface area contributed by atoms with Crippen LogP contribution < -0.4 is 10.1 Å². The molecule has 2 aromatic carbocycles. The van der Waals surface area contributed by atoms with Crippen LogP contribution in [0.3, 0.4) is 0 Å². The monoisotopic (exact) mass is 387 g/mol. The highest BCUT2D eigenvalue weighted by atomic mass is 79.9. The van der Waals surface area contributed by atoms with Crippen molar-refractivity contribution in [2.24, 2.45) is 0 Å². The second kappa shape index (κ2) is 7.27. The molecule has 0 fully saturated rings. The molecule has 1 aromatic heterocycles. The minimum atomic E-state index is -0.208. The molecule has 0 aliphatic heterocycles. The van der Waals surface area contributed by atoms with Crippen LogP contribution in [0, 0.1) is 0 Å². The third kappa shape index (κ3) is 3.80. The molecule has 0 radical (unpaired) electrons. The molecule has 0 bridgehead atoms. The molecule has 0 aliphatic rings. The van der Waals surface area contributed by atoms with Gasteiger partial charge in [0, 0.05) is 15.6 Å². The fourth-order valence-electron chi connectivity index (χ4n) is 2.07. The van der Waals surface area contributed by atoms with E-state index in [0.29, 0.717) is 17.3 Å². The number of amides is 1. The van der Waals surface area contributed by atoms with Crippen LogP contribution in [-0.4, -0.2) is 23.2 Å². The van der Waals surface area contributed by atoms with E-state index in [1.54, 1.807) is 25.3 Å². The highest BCUT2D eigenvalue weighted by molar-refractivity contribution is 9.10. The summed E-state index contributed by atoms with van der Waals surface area (Å²) in [5.74, 6) is 1.35. The van der Waals surface area contributed by atoms with Crippen molar-refractivity contribution >= 4 is 21.8 Å². The lowest BCUT2D eigenvalue weighted by Crippen LogP contribution is -2.22. The van der Waals surface area contributed by atoms with E-state index < -0.39 is 0 Å². The largest absolute Gasteiger partial charge is 0.497 e. The molecule has 0 aliphatic carbocycles. The molecule has 1 heterocycles. The number of ether oxygens (including phenoxy) is 1. The van der Waals surface area contributed by atoms with Gasteiger partial charge in [0.15, 0.2) is 0 Å². The van der Waals surface area contributed by atoms with E-state index in [2.05, 4.69) is 31.4 Å². The molecule has 1 amide bonds. The van der Waals surface area contributed by atoms with Crippen LogP contribution in [0.1, 0.15) is 16.2 Å². The van der Waals surface area contributed by atoms with Crippen LogP contribution in [0.4, 0.5) is 0 Å². The number of halogens is 1. The molecule has 0 saturated heterocycles. The van der Waals surface area contributed by atoms with Gasteiger partial charge in [-0.1, -0.05) is 27.2 Å². The number of nitrogens with one attached hydrogen (secondary N) is 1. The van der Waals surface area contributed by atoms with Crippen molar-refractivity contribution in [3.05, 3.63) is 64.5 Å². The summed E-state index contributed by atoms with van der Waals surface area (Å²) in [6.07, 6.45) is 0. The summed E-state index contributed by atoms with van der Waals surface area (Å²) in [4.78, 5) is 16.4. The van der Waals surface area contributed by atoms with Crippen LogP contribution in [0.15, 0.2) is 57.5 Å². The van der Waals surface area contributed by atoms with E-state index in [4.69, 9.17) is 9.26 Å². The van der Waals surface area contributed by atoms with Crippen LogP contribution in [0.2, 0.25) is 0 Å². The summed E-state index contributed by atoms with van der Waals surface area (Å²) in [5, 5.41) is 6.67. The standard InChI is InChI=1S/C17H14BrN3O3/c1-23-14-7-5-11(6-8-14)16-20-15(24-21-16)10-19-17(22)12-3-2-4-13(18)9-12/h2-9H,10H2,1H3,(H,19,22). The second-order valence-corrected chi connectivity index (χ2v) is 5.85. The summed E-state index contributed by atoms with van der Waals surface area (Å²) in [5.41, 5.74) is 1.36. The van der Waals surface area contributed by atoms with Gasteiger partial charge in [0.05, 0.1) is 13.7 Å². The van der Waals surface area contributed by atoms with Crippen molar-refractivity contribution in [3.63, 3.8) is 0 Å². The van der Waals surface area contributed by atoms with E-state index >= 15 is 0 Å². The van der Waals surface area contributed by atoms with Crippen molar-refractivity contribution in [1.82, 2.24) is 15.5 Å². The molecule has 6 nitrogen and oxygen atoms in total. The Hall–Kier alpha value is -2.67. The topological polar surface area (TPSA) is 77.3 Å². The smallest absolute Gasteiger partial charge is 0.251 e. The Morgan fingerprint density at radius 1 is 1.25 bits per heavy atom. The summed E-state index contributed by atoms with van der Waals surface area (Å²) >= 11 is 3.34. The number of rotatable bonds is 5. The van der Waals surface area contributed by atoms with Crippen molar-refractivity contribution in [1.29, 1.82) is 0 Å². The molecule has 1 N–H and O–H groups in total. The van der Waals surface area contributed by atoms with Gasteiger partial charge in [0.2, 0.25) is 11.7 Å². The van der Waals surface area contributed by atoms with E-state index in [0.717, 1.165) is 15.8 Å². The Labute approximate surface area is 147 Å². The summed E-state index contributed by atoms with van der Waals surface area (Å²) in [6.45, 7) is 0.161. The van der Waals surface area contributed by atoms with Crippen molar-refractivity contribution in [2.45, 2.75) is 6.54 Å². The number of hydrogen-bond donors (Lipinski definition) is 1. The predicted molar refractivity (Wildman–Crippen MR) is 91.6 cm³/mol. The highest BCUT2D eigenvalue weighted by Gasteiger charge is 2.11. The van der Waals surface area contributed by atoms with Gasteiger partial charge in [-0.15, -0.1) is 0 Å². The Balaban J connectivity index is 1.64. The Bertz CT molecular complexity index is 846. The highest BCUT2D eigenvalue weighted by Crippen LogP contribution is 2.19. The van der Waals surface area contributed by atoms with Gasteiger partial charge in [0.1, 0.15) is 5.75 Å². The van der Waals surface area contributed by atoms with Crippen LogP contribution in [0.25, 0.3) is 11.4 Å². The van der Waals surface area contributed by atoms with Crippen LogP contribution >= 0.6 is 15.9 Å². The van der Waals surface area contributed by atoms with E-state index in [1.807, 2.05) is 30.3 Å². The lowest BCUT2D eigenvalue weighted by Gasteiger charge is -2.02. The fourth-order valence-corrected chi connectivity index (χ4v) is 2.47. The first kappa shape index (κ1) is 16.2. The van der Waals surface area contributed by atoms with Gasteiger partial charge in [-0.05, 0) is 42.5 Å². The summed E-state index contributed by atoms with van der Waals surface area (Å²) < 4.78 is 11.1. The first-order valence-corrected chi connectivity index (χ1v) is 7.96. The molecule has 0 unspecified atom stereocenters. The lowest BCUT2D eigenvalue weighted by molar-refractivity contribution is 0.0946. The zero-order valence-corrected chi connectivity index (χ0v) is 14.4. The number of benzene rings is 2. The Morgan fingerprint density at radius 3 is 2.75 bits per heavy atom. The molecule has 3 aromatic rings. The molecule has 3 rings (SSSR count). The van der Waals surface area contributed by atoms with Gasteiger partial charge >= 0.3 is 0 Å². The summed E-state index contributed by atoms with van der Waals surface area (Å²) in [7, 11) is 1.61. The van der Waals surface area contributed by atoms with Crippen LogP contribution in [-0.2, 0) is 6.54 Å².